The van der Waals surface area contributed by atoms with Gasteiger partial charge in [-0.25, -0.2) is 9.36 Å². The van der Waals surface area contributed by atoms with Crippen molar-refractivity contribution in [2.24, 2.45) is 7.05 Å². The first-order valence-electron chi connectivity index (χ1n) is 6.09. The van der Waals surface area contributed by atoms with Crippen LogP contribution in [0.3, 0.4) is 0 Å². The third-order valence-corrected chi connectivity index (χ3v) is 3.13. The van der Waals surface area contributed by atoms with Gasteiger partial charge in [0.05, 0.1) is 7.05 Å². The van der Waals surface area contributed by atoms with Crippen LogP contribution in [0.5, 0.6) is 0 Å². The quantitative estimate of drug-likeness (QED) is 0.603. The molecule has 0 aliphatic rings. The molecule has 1 atom stereocenters. The van der Waals surface area contributed by atoms with Crippen molar-refractivity contribution in [2.75, 3.05) is 0 Å². The lowest BCUT2D eigenvalue weighted by atomic mass is 9.96. The molecule has 110 valence electrons. The summed E-state index contributed by atoms with van der Waals surface area (Å²) < 4.78 is 1.11. The zero-order valence-electron chi connectivity index (χ0n) is 11.5. The SMILES string of the molecule is CCCC(C)(NC(=O)c1ccc([N+](=O)[O-])n1C)C(=O)O. The molecule has 0 bridgehead atoms. The summed E-state index contributed by atoms with van der Waals surface area (Å²) in [5.41, 5.74) is -1.36. The molecule has 1 amide bonds. The van der Waals surface area contributed by atoms with Crippen LogP contribution in [0.2, 0.25) is 0 Å². The minimum atomic E-state index is -1.40. The van der Waals surface area contributed by atoms with Crippen molar-refractivity contribution >= 4 is 17.7 Å². The number of hydrogen-bond acceptors (Lipinski definition) is 4. The Hall–Kier alpha value is -2.38. The van der Waals surface area contributed by atoms with Gasteiger partial charge in [-0.05, 0) is 24.3 Å². The second-order valence-electron chi connectivity index (χ2n) is 4.73. The zero-order chi connectivity index (χ0) is 15.5. The maximum absolute atomic E-state index is 12.1. The van der Waals surface area contributed by atoms with E-state index in [1.54, 1.807) is 6.92 Å². The van der Waals surface area contributed by atoms with E-state index in [1.165, 1.54) is 26.1 Å². The number of nitro groups is 1. The molecule has 1 rings (SSSR count). The molecule has 0 fully saturated rings. The van der Waals surface area contributed by atoms with Gasteiger partial charge in [-0.2, -0.15) is 0 Å². The Morgan fingerprint density at radius 1 is 1.50 bits per heavy atom. The standard InChI is InChI=1S/C12H17N3O5/c1-4-7-12(2,11(17)18)13-10(16)8-5-6-9(14(8)3)15(19)20/h5-6H,4,7H2,1-3H3,(H,13,16)(H,17,18). The third kappa shape index (κ3) is 2.95. The van der Waals surface area contributed by atoms with E-state index in [0.717, 1.165) is 4.57 Å². The van der Waals surface area contributed by atoms with Gasteiger partial charge in [0.25, 0.3) is 5.91 Å². The first-order chi connectivity index (χ1) is 9.23. The minimum Gasteiger partial charge on any atom is -0.480 e. The van der Waals surface area contributed by atoms with Crippen LogP contribution in [0, 0.1) is 10.1 Å². The summed E-state index contributed by atoms with van der Waals surface area (Å²) in [4.78, 5) is 33.4. The fraction of sp³-hybridized carbons (Fsp3) is 0.500. The largest absolute Gasteiger partial charge is 0.480 e. The molecule has 0 saturated heterocycles. The molecule has 0 spiro atoms. The molecule has 8 heteroatoms. The highest BCUT2D eigenvalue weighted by atomic mass is 16.6. The maximum atomic E-state index is 12.1. The maximum Gasteiger partial charge on any atom is 0.329 e. The Balaban J connectivity index is 3.01. The molecule has 0 saturated carbocycles. The Kier molecular flexibility index (Phi) is 4.49. The molecule has 2 N–H and O–H groups in total. The van der Waals surface area contributed by atoms with Gasteiger partial charge in [0.15, 0.2) is 5.69 Å². The number of carbonyl (C=O) groups is 2. The molecular weight excluding hydrogens is 266 g/mol. The second kappa shape index (κ2) is 5.72. The van der Waals surface area contributed by atoms with Crippen LogP contribution in [0.25, 0.3) is 0 Å². The van der Waals surface area contributed by atoms with E-state index in [-0.39, 0.29) is 17.9 Å². The normalized spacial score (nSPS) is 13.6. The Bertz CT molecular complexity index is 551. The topological polar surface area (TPSA) is 114 Å². The lowest BCUT2D eigenvalue weighted by Crippen LogP contribution is -2.52. The monoisotopic (exact) mass is 283 g/mol. The number of carbonyl (C=O) groups excluding carboxylic acids is 1. The van der Waals surface area contributed by atoms with E-state index in [0.29, 0.717) is 6.42 Å². The van der Waals surface area contributed by atoms with Gasteiger partial charge >= 0.3 is 11.8 Å². The molecule has 0 radical (unpaired) electrons. The number of carboxylic acids is 1. The summed E-state index contributed by atoms with van der Waals surface area (Å²) >= 11 is 0. The summed E-state index contributed by atoms with van der Waals surface area (Å²) in [6, 6.07) is 2.49. The molecular formula is C12H17N3O5. The molecule has 20 heavy (non-hydrogen) atoms. The Labute approximate surface area is 115 Å². The van der Waals surface area contributed by atoms with Gasteiger partial charge in [0.1, 0.15) is 5.54 Å². The van der Waals surface area contributed by atoms with E-state index in [9.17, 15) is 24.8 Å². The highest BCUT2D eigenvalue weighted by molar-refractivity contribution is 5.97. The van der Waals surface area contributed by atoms with E-state index < -0.39 is 22.3 Å². The van der Waals surface area contributed by atoms with Crippen LogP contribution < -0.4 is 5.32 Å². The summed E-state index contributed by atoms with van der Waals surface area (Å²) in [5, 5.41) is 22.3. The fourth-order valence-electron chi connectivity index (χ4n) is 1.95. The Morgan fingerprint density at radius 3 is 2.50 bits per heavy atom. The number of carboxylic acid groups (broad SMARTS) is 1. The summed E-state index contributed by atoms with van der Waals surface area (Å²) in [5.74, 6) is -2.03. The van der Waals surface area contributed by atoms with Crippen molar-refractivity contribution in [3.63, 3.8) is 0 Å². The minimum absolute atomic E-state index is 0.0419. The first-order valence-corrected chi connectivity index (χ1v) is 6.09. The molecule has 1 heterocycles. The highest BCUT2D eigenvalue weighted by Gasteiger charge is 2.35. The van der Waals surface area contributed by atoms with Crippen LogP contribution in [0.1, 0.15) is 37.2 Å². The number of aliphatic carboxylic acids is 1. The highest BCUT2D eigenvalue weighted by Crippen LogP contribution is 2.18. The number of nitrogens with zero attached hydrogens (tertiary/aromatic N) is 2. The smallest absolute Gasteiger partial charge is 0.329 e. The average Bonchev–Trinajstić information content (AvgIpc) is 2.71. The molecule has 8 nitrogen and oxygen atoms in total. The zero-order valence-corrected chi connectivity index (χ0v) is 11.5. The van der Waals surface area contributed by atoms with Gasteiger partial charge in [0.2, 0.25) is 0 Å². The van der Waals surface area contributed by atoms with Crippen molar-refractivity contribution in [3.05, 3.63) is 27.9 Å². The molecule has 0 aliphatic heterocycles. The van der Waals surface area contributed by atoms with E-state index >= 15 is 0 Å². The number of hydrogen-bond donors (Lipinski definition) is 2. The van der Waals surface area contributed by atoms with Gasteiger partial charge in [-0.15, -0.1) is 0 Å². The molecule has 0 aliphatic carbocycles. The van der Waals surface area contributed by atoms with E-state index in [4.69, 9.17) is 0 Å². The first kappa shape index (κ1) is 15.7. The number of nitrogens with one attached hydrogen (secondary N) is 1. The van der Waals surface area contributed by atoms with Crippen LogP contribution >= 0.6 is 0 Å². The average molecular weight is 283 g/mol. The van der Waals surface area contributed by atoms with E-state index in [2.05, 4.69) is 5.32 Å². The molecule has 1 aromatic heterocycles. The fourth-order valence-corrected chi connectivity index (χ4v) is 1.95. The number of aromatic nitrogens is 1. The lowest BCUT2D eigenvalue weighted by Gasteiger charge is -2.25. The number of amides is 1. The van der Waals surface area contributed by atoms with Crippen molar-refractivity contribution in [1.29, 1.82) is 0 Å². The van der Waals surface area contributed by atoms with Gasteiger partial charge in [-0.3, -0.25) is 4.79 Å². The predicted molar refractivity (Wildman–Crippen MR) is 70.5 cm³/mol. The lowest BCUT2D eigenvalue weighted by molar-refractivity contribution is -0.391. The molecule has 0 aromatic carbocycles. The molecule has 1 aromatic rings. The van der Waals surface area contributed by atoms with Crippen molar-refractivity contribution in [2.45, 2.75) is 32.2 Å². The van der Waals surface area contributed by atoms with Gasteiger partial charge < -0.3 is 20.5 Å². The summed E-state index contributed by atoms with van der Waals surface area (Å²) in [7, 11) is 1.38. The van der Waals surface area contributed by atoms with Crippen LogP contribution in [0.4, 0.5) is 5.82 Å². The summed E-state index contributed by atoms with van der Waals surface area (Å²) in [6.45, 7) is 3.22. The number of rotatable bonds is 6. The molecule has 1 unspecified atom stereocenters. The van der Waals surface area contributed by atoms with Crippen LogP contribution in [-0.2, 0) is 11.8 Å². The van der Waals surface area contributed by atoms with E-state index in [1.807, 2.05) is 0 Å². The van der Waals surface area contributed by atoms with Crippen molar-refractivity contribution < 1.29 is 19.6 Å². The van der Waals surface area contributed by atoms with Crippen molar-refractivity contribution in [3.8, 4) is 0 Å². The van der Waals surface area contributed by atoms with Gasteiger partial charge in [0, 0.05) is 6.07 Å². The van der Waals surface area contributed by atoms with Gasteiger partial charge in [-0.1, -0.05) is 13.3 Å². The second-order valence-corrected chi connectivity index (χ2v) is 4.73. The van der Waals surface area contributed by atoms with Crippen molar-refractivity contribution in [1.82, 2.24) is 9.88 Å². The Morgan fingerprint density at radius 2 is 2.10 bits per heavy atom. The predicted octanol–water partition coefficient (Wildman–Crippen LogP) is 1.31. The van der Waals surface area contributed by atoms with Crippen LogP contribution in [0.15, 0.2) is 12.1 Å². The summed E-state index contributed by atoms with van der Waals surface area (Å²) in [6.07, 6.45) is 0.844. The van der Waals surface area contributed by atoms with Crippen LogP contribution in [-0.4, -0.2) is 32.0 Å². The third-order valence-electron chi connectivity index (χ3n) is 3.13.